The number of hydrogen-bond acceptors (Lipinski definition) is 4. The molecule has 2 N–H and O–H groups in total. The molecule has 0 fully saturated rings. The summed E-state index contributed by atoms with van der Waals surface area (Å²) in [6.45, 7) is 2.61. The van der Waals surface area contributed by atoms with Gasteiger partial charge in [0, 0.05) is 17.8 Å². The molecule has 22 heavy (non-hydrogen) atoms. The molecule has 118 valence electrons. The van der Waals surface area contributed by atoms with Gasteiger partial charge >= 0.3 is 0 Å². The maximum Gasteiger partial charge on any atom is 0.294 e. The van der Waals surface area contributed by atoms with Gasteiger partial charge in [0.15, 0.2) is 6.23 Å². The van der Waals surface area contributed by atoms with Crippen LogP contribution < -0.4 is 4.90 Å². The fraction of sp³-hybridized carbons (Fsp3) is 0.250. The van der Waals surface area contributed by atoms with Gasteiger partial charge in [-0.3, -0.25) is 4.55 Å². The fourth-order valence-corrected chi connectivity index (χ4v) is 2.73. The summed E-state index contributed by atoms with van der Waals surface area (Å²) < 4.78 is 31.2. The van der Waals surface area contributed by atoms with Crippen molar-refractivity contribution in [1.29, 1.82) is 0 Å². The second-order valence-electron chi connectivity index (χ2n) is 4.95. The molecule has 2 aromatic carbocycles. The monoisotopic (exact) mass is 321 g/mol. The van der Waals surface area contributed by atoms with Crippen LogP contribution in [0.2, 0.25) is 0 Å². The molecule has 0 aliphatic heterocycles. The van der Waals surface area contributed by atoms with Crippen molar-refractivity contribution in [2.24, 2.45) is 0 Å². The number of aliphatic hydroxyl groups excluding tert-OH is 1. The van der Waals surface area contributed by atoms with E-state index in [0.717, 1.165) is 12.0 Å². The van der Waals surface area contributed by atoms with E-state index >= 15 is 0 Å². The number of benzene rings is 2. The van der Waals surface area contributed by atoms with E-state index in [-0.39, 0.29) is 4.90 Å². The smallest absolute Gasteiger partial charge is 0.294 e. The van der Waals surface area contributed by atoms with E-state index < -0.39 is 16.3 Å². The van der Waals surface area contributed by atoms with Gasteiger partial charge in [-0.05, 0) is 30.7 Å². The molecule has 0 radical (unpaired) electrons. The predicted octanol–water partition coefficient (Wildman–Crippen LogP) is 2.84. The zero-order valence-corrected chi connectivity index (χ0v) is 13.1. The fourth-order valence-electron chi connectivity index (χ4n) is 2.25. The minimum atomic E-state index is -4.21. The number of aliphatic hydroxyl groups is 1. The van der Waals surface area contributed by atoms with Crippen molar-refractivity contribution in [3.63, 3.8) is 0 Å². The molecule has 0 saturated heterocycles. The molecule has 0 spiro atoms. The largest absolute Gasteiger partial charge is 0.369 e. The Balaban J connectivity index is 2.32. The van der Waals surface area contributed by atoms with Crippen LogP contribution in [-0.4, -0.2) is 24.6 Å². The average Bonchev–Trinajstić information content (AvgIpc) is 2.52. The van der Waals surface area contributed by atoms with Gasteiger partial charge in [-0.1, -0.05) is 37.3 Å². The van der Waals surface area contributed by atoms with Gasteiger partial charge in [0.25, 0.3) is 10.1 Å². The quantitative estimate of drug-likeness (QED) is 0.632. The van der Waals surface area contributed by atoms with E-state index in [1.807, 2.05) is 37.3 Å². The Morgan fingerprint density at radius 3 is 2.14 bits per heavy atom. The molecule has 0 aromatic heterocycles. The third-order valence-corrected chi connectivity index (χ3v) is 4.19. The molecule has 1 atom stereocenters. The highest BCUT2D eigenvalue weighted by molar-refractivity contribution is 7.85. The minimum absolute atomic E-state index is 0.165. The topological polar surface area (TPSA) is 77.8 Å². The van der Waals surface area contributed by atoms with E-state index in [1.54, 1.807) is 17.0 Å². The van der Waals surface area contributed by atoms with E-state index in [0.29, 0.717) is 12.2 Å². The van der Waals surface area contributed by atoms with Crippen molar-refractivity contribution in [2.75, 3.05) is 11.4 Å². The Bertz CT molecular complexity index is 699. The lowest BCUT2D eigenvalue weighted by Gasteiger charge is -2.30. The summed E-state index contributed by atoms with van der Waals surface area (Å²) in [6, 6.07) is 15.0. The van der Waals surface area contributed by atoms with Crippen LogP contribution in [0.5, 0.6) is 0 Å². The molecule has 5 nitrogen and oxygen atoms in total. The molecule has 0 aliphatic rings. The van der Waals surface area contributed by atoms with Gasteiger partial charge in [0.2, 0.25) is 0 Å². The molecule has 6 heteroatoms. The molecule has 1 unspecified atom stereocenters. The highest BCUT2D eigenvalue weighted by Crippen LogP contribution is 2.26. The molecule has 0 saturated carbocycles. The number of anilines is 1. The first-order valence-electron chi connectivity index (χ1n) is 7.00. The number of rotatable bonds is 6. The molecular formula is C16H19NO4S. The summed E-state index contributed by atoms with van der Waals surface area (Å²) in [6.07, 6.45) is 0.00181. The van der Waals surface area contributed by atoms with Crippen molar-refractivity contribution < 1.29 is 18.1 Å². The standard InChI is InChI=1S/C16H19NO4S/c1-2-12-17(16(18)13-6-4-3-5-7-13)14-8-10-15(11-9-14)22(19,20)21/h3-11,16,18H,2,12H2,1H3,(H,19,20,21). The Morgan fingerprint density at radius 2 is 1.64 bits per heavy atom. The van der Waals surface area contributed by atoms with Gasteiger partial charge in [0.1, 0.15) is 0 Å². The van der Waals surface area contributed by atoms with Gasteiger partial charge in [-0.2, -0.15) is 8.42 Å². The molecule has 0 aliphatic carbocycles. The van der Waals surface area contributed by atoms with E-state index in [2.05, 4.69) is 0 Å². The molecule has 0 amide bonds. The average molecular weight is 321 g/mol. The lowest BCUT2D eigenvalue weighted by molar-refractivity contribution is 0.171. The van der Waals surface area contributed by atoms with Gasteiger partial charge in [-0.15, -0.1) is 0 Å². The Labute approximate surface area is 130 Å². The van der Waals surface area contributed by atoms with Crippen LogP contribution in [0.4, 0.5) is 5.69 Å². The van der Waals surface area contributed by atoms with Crippen molar-refractivity contribution in [2.45, 2.75) is 24.5 Å². The van der Waals surface area contributed by atoms with Crippen molar-refractivity contribution >= 4 is 15.8 Å². The second-order valence-corrected chi connectivity index (χ2v) is 6.37. The van der Waals surface area contributed by atoms with Crippen LogP contribution in [-0.2, 0) is 10.1 Å². The van der Waals surface area contributed by atoms with Crippen LogP contribution >= 0.6 is 0 Å². The van der Waals surface area contributed by atoms with Gasteiger partial charge in [0.05, 0.1) is 4.90 Å². The maximum absolute atomic E-state index is 11.1. The third kappa shape index (κ3) is 3.85. The van der Waals surface area contributed by atoms with Crippen molar-refractivity contribution in [3.8, 4) is 0 Å². The van der Waals surface area contributed by atoms with Crippen LogP contribution in [0.15, 0.2) is 59.5 Å². The summed E-state index contributed by atoms with van der Waals surface area (Å²) in [5.41, 5.74) is 1.44. The van der Waals surface area contributed by atoms with Crippen LogP contribution in [0.3, 0.4) is 0 Å². The molecule has 2 rings (SSSR count). The first kappa shape index (κ1) is 16.5. The molecular weight excluding hydrogens is 302 g/mol. The summed E-state index contributed by atoms with van der Waals surface area (Å²) in [5.74, 6) is 0. The van der Waals surface area contributed by atoms with Crippen molar-refractivity contribution in [3.05, 3.63) is 60.2 Å². The predicted molar refractivity (Wildman–Crippen MR) is 85.3 cm³/mol. The number of hydrogen-bond donors (Lipinski definition) is 2. The Hall–Kier alpha value is -1.89. The van der Waals surface area contributed by atoms with Gasteiger partial charge in [-0.25, -0.2) is 0 Å². The molecule has 0 heterocycles. The van der Waals surface area contributed by atoms with E-state index in [9.17, 15) is 13.5 Å². The highest BCUT2D eigenvalue weighted by Gasteiger charge is 2.18. The highest BCUT2D eigenvalue weighted by atomic mass is 32.2. The second kappa shape index (κ2) is 6.91. The maximum atomic E-state index is 11.1. The number of nitrogens with zero attached hydrogens (tertiary/aromatic N) is 1. The van der Waals surface area contributed by atoms with E-state index in [4.69, 9.17) is 4.55 Å². The Kier molecular flexibility index (Phi) is 5.18. The summed E-state index contributed by atoms with van der Waals surface area (Å²) >= 11 is 0. The zero-order chi connectivity index (χ0) is 16.2. The SMILES string of the molecule is CCCN(c1ccc(S(=O)(=O)O)cc1)C(O)c1ccccc1. The van der Waals surface area contributed by atoms with Crippen LogP contribution in [0.25, 0.3) is 0 Å². The van der Waals surface area contributed by atoms with Crippen LogP contribution in [0, 0.1) is 0 Å². The first-order valence-corrected chi connectivity index (χ1v) is 8.44. The van der Waals surface area contributed by atoms with Gasteiger partial charge < -0.3 is 10.0 Å². The first-order chi connectivity index (χ1) is 10.4. The van der Waals surface area contributed by atoms with Crippen molar-refractivity contribution in [1.82, 2.24) is 0 Å². The third-order valence-electron chi connectivity index (χ3n) is 3.32. The van der Waals surface area contributed by atoms with E-state index in [1.165, 1.54) is 12.1 Å². The van der Waals surface area contributed by atoms with Crippen LogP contribution in [0.1, 0.15) is 25.1 Å². The summed E-state index contributed by atoms with van der Waals surface area (Å²) in [7, 11) is -4.21. The minimum Gasteiger partial charge on any atom is -0.369 e. The lowest BCUT2D eigenvalue weighted by atomic mass is 10.1. The summed E-state index contributed by atoms with van der Waals surface area (Å²) in [4.78, 5) is 1.62. The summed E-state index contributed by atoms with van der Waals surface area (Å²) in [5, 5.41) is 10.6. The molecule has 0 bridgehead atoms. The normalized spacial score (nSPS) is 12.9. The Morgan fingerprint density at radius 1 is 1.05 bits per heavy atom. The lowest BCUT2D eigenvalue weighted by Crippen LogP contribution is -2.29. The zero-order valence-electron chi connectivity index (χ0n) is 12.3. The molecule has 2 aromatic rings.